The molecule has 12 heteroatoms. The van der Waals surface area contributed by atoms with E-state index in [1.807, 2.05) is 20.8 Å². The zero-order valence-electron chi connectivity index (χ0n) is 19.1. The summed E-state index contributed by atoms with van der Waals surface area (Å²) in [5.74, 6) is -0.580. The summed E-state index contributed by atoms with van der Waals surface area (Å²) in [6.45, 7) is 9.50. The van der Waals surface area contributed by atoms with E-state index in [2.05, 4.69) is 19.7 Å². The van der Waals surface area contributed by atoms with Gasteiger partial charge in [0.2, 0.25) is 0 Å². The maximum Gasteiger partial charge on any atom is 0.573 e. The van der Waals surface area contributed by atoms with Gasteiger partial charge in [-0.3, -0.25) is 19.3 Å². The summed E-state index contributed by atoms with van der Waals surface area (Å²) in [5, 5.41) is 4.86. The van der Waals surface area contributed by atoms with Gasteiger partial charge in [0, 0.05) is 38.3 Å². The summed E-state index contributed by atoms with van der Waals surface area (Å²) in [5.41, 5.74) is 1.66. The molecule has 1 saturated heterocycles. The molecule has 1 fully saturated rings. The minimum atomic E-state index is -4.78. The number of aromatic nitrogens is 3. The Bertz CT molecular complexity index is 1150. The van der Waals surface area contributed by atoms with Crippen LogP contribution in [0.2, 0.25) is 0 Å². The molecule has 4 rings (SSSR count). The molecule has 1 aliphatic heterocycles. The Hall–Kier alpha value is -2.70. The second kappa shape index (κ2) is 9.88. The van der Waals surface area contributed by atoms with Gasteiger partial charge in [0.1, 0.15) is 11.4 Å². The van der Waals surface area contributed by atoms with Gasteiger partial charge in [-0.25, -0.2) is 4.98 Å². The summed E-state index contributed by atoms with van der Waals surface area (Å²) in [7, 11) is 0. The molecule has 1 aliphatic rings. The molecule has 3 heterocycles. The van der Waals surface area contributed by atoms with Gasteiger partial charge < -0.3 is 9.47 Å². The van der Waals surface area contributed by atoms with Crippen molar-refractivity contribution < 1.29 is 27.4 Å². The third kappa shape index (κ3) is 5.68. The van der Waals surface area contributed by atoms with Crippen molar-refractivity contribution in [3.8, 4) is 5.75 Å². The summed E-state index contributed by atoms with van der Waals surface area (Å²) in [6, 6.07) is 5.69. The summed E-state index contributed by atoms with van der Waals surface area (Å²) in [4.78, 5) is 22.0. The van der Waals surface area contributed by atoms with E-state index in [1.54, 1.807) is 15.6 Å². The molecule has 0 unspecified atom stereocenters. The van der Waals surface area contributed by atoms with Crippen molar-refractivity contribution in [2.45, 2.75) is 33.2 Å². The maximum atomic E-state index is 13.7. The first-order valence-electron chi connectivity index (χ1n) is 10.9. The number of hydrogen-bond donors (Lipinski definition) is 0. The molecule has 34 heavy (non-hydrogen) atoms. The van der Waals surface area contributed by atoms with Crippen LogP contribution >= 0.6 is 11.3 Å². The molecular weight excluding hydrogens is 471 g/mol. The van der Waals surface area contributed by atoms with Crippen LogP contribution in [-0.4, -0.2) is 71.3 Å². The van der Waals surface area contributed by atoms with Crippen molar-refractivity contribution in [3.63, 3.8) is 0 Å². The Kier molecular flexibility index (Phi) is 7.10. The summed E-state index contributed by atoms with van der Waals surface area (Å²) >= 11 is 1.15. The van der Waals surface area contributed by atoms with Crippen LogP contribution in [0.1, 0.15) is 36.1 Å². The Morgan fingerprint density at radius 2 is 2.00 bits per heavy atom. The number of ether oxygens (including phenoxy) is 2. The normalized spacial score (nSPS) is 15.3. The van der Waals surface area contributed by atoms with Crippen molar-refractivity contribution in [1.29, 1.82) is 0 Å². The molecule has 8 nitrogen and oxygen atoms in total. The molecule has 0 saturated carbocycles. The number of benzene rings is 1. The highest BCUT2D eigenvalue weighted by Gasteiger charge is 2.31. The number of rotatable bonds is 7. The summed E-state index contributed by atoms with van der Waals surface area (Å²) < 4.78 is 49.5. The molecule has 184 valence electrons. The molecule has 0 radical (unpaired) electrons. The zero-order chi connectivity index (χ0) is 24.5. The molecule has 0 aliphatic carbocycles. The van der Waals surface area contributed by atoms with E-state index in [-0.39, 0.29) is 17.7 Å². The van der Waals surface area contributed by atoms with E-state index in [0.717, 1.165) is 30.1 Å². The van der Waals surface area contributed by atoms with E-state index in [4.69, 9.17) is 4.74 Å². The van der Waals surface area contributed by atoms with Gasteiger partial charge in [-0.1, -0.05) is 11.3 Å². The highest BCUT2D eigenvalue weighted by atomic mass is 32.1. The maximum absolute atomic E-state index is 13.7. The van der Waals surface area contributed by atoms with Crippen molar-refractivity contribution in [2.24, 2.45) is 0 Å². The van der Waals surface area contributed by atoms with Crippen LogP contribution in [-0.2, 0) is 4.74 Å². The number of anilines is 1. The Morgan fingerprint density at radius 3 is 2.68 bits per heavy atom. The van der Waals surface area contributed by atoms with E-state index >= 15 is 0 Å². The second-order valence-electron chi connectivity index (χ2n) is 8.29. The molecule has 1 aromatic carbocycles. The fourth-order valence-electron chi connectivity index (χ4n) is 3.76. The van der Waals surface area contributed by atoms with Crippen molar-refractivity contribution in [3.05, 3.63) is 35.7 Å². The second-order valence-corrected chi connectivity index (χ2v) is 9.30. The molecule has 0 N–H and O–H groups in total. The number of carbonyl (C=O) groups excluding carboxylic acids is 1. The van der Waals surface area contributed by atoms with E-state index in [0.29, 0.717) is 47.3 Å². The molecular formula is C22H26F3N5O3S. The number of nitrogens with zero attached hydrogens (tertiary/aromatic N) is 5. The SMILES string of the molecule is Cc1cc(C(=O)N(CCN2CCOCC2)c2nc3ccc(OC(F)(F)F)cc3s2)n(C(C)C)n1. The molecule has 0 atom stereocenters. The van der Waals surface area contributed by atoms with Crippen LogP contribution in [0.5, 0.6) is 5.75 Å². The quantitative estimate of drug-likeness (QED) is 0.486. The third-order valence-electron chi connectivity index (χ3n) is 5.37. The van der Waals surface area contributed by atoms with Crippen molar-refractivity contribution >= 4 is 32.6 Å². The van der Waals surface area contributed by atoms with Gasteiger partial charge in [0.15, 0.2) is 5.13 Å². The molecule has 2 aromatic heterocycles. The van der Waals surface area contributed by atoms with Crippen LogP contribution in [0.4, 0.5) is 18.3 Å². The first-order valence-corrected chi connectivity index (χ1v) is 11.8. The number of alkyl halides is 3. The predicted octanol–water partition coefficient (Wildman–Crippen LogP) is 4.26. The number of aryl methyl sites for hydroxylation is 1. The minimum absolute atomic E-state index is 0.0221. The van der Waals surface area contributed by atoms with Crippen LogP contribution < -0.4 is 9.64 Å². The van der Waals surface area contributed by atoms with Gasteiger partial charge in [-0.15, -0.1) is 13.2 Å². The third-order valence-corrected chi connectivity index (χ3v) is 6.41. The molecule has 1 amide bonds. The largest absolute Gasteiger partial charge is 0.573 e. The molecule has 0 bridgehead atoms. The molecule has 3 aromatic rings. The molecule has 0 spiro atoms. The first-order chi connectivity index (χ1) is 16.1. The van der Waals surface area contributed by atoms with Gasteiger partial charge in [-0.05, 0) is 39.0 Å². The van der Waals surface area contributed by atoms with Crippen molar-refractivity contribution in [1.82, 2.24) is 19.7 Å². The van der Waals surface area contributed by atoms with E-state index in [9.17, 15) is 18.0 Å². The number of hydrogen-bond acceptors (Lipinski definition) is 7. The smallest absolute Gasteiger partial charge is 0.406 e. The number of halogens is 3. The van der Waals surface area contributed by atoms with Crippen LogP contribution in [0, 0.1) is 6.92 Å². The average Bonchev–Trinajstić information content (AvgIpc) is 3.36. The van der Waals surface area contributed by atoms with Crippen molar-refractivity contribution in [2.75, 3.05) is 44.3 Å². The van der Waals surface area contributed by atoms with Gasteiger partial charge >= 0.3 is 6.36 Å². The fourth-order valence-corrected chi connectivity index (χ4v) is 4.78. The van der Waals surface area contributed by atoms with Gasteiger partial charge in [0.25, 0.3) is 5.91 Å². The van der Waals surface area contributed by atoms with Crippen LogP contribution in [0.3, 0.4) is 0 Å². The van der Waals surface area contributed by atoms with E-state index < -0.39 is 6.36 Å². The highest BCUT2D eigenvalue weighted by Crippen LogP contribution is 2.34. The number of amides is 1. The lowest BCUT2D eigenvalue weighted by atomic mass is 10.3. The number of fused-ring (bicyclic) bond motifs is 1. The van der Waals surface area contributed by atoms with E-state index in [1.165, 1.54) is 18.2 Å². The zero-order valence-corrected chi connectivity index (χ0v) is 19.9. The van der Waals surface area contributed by atoms with Gasteiger partial charge in [0.05, 0.1) is 29.1 Å². The lowest BCUT2D eigenvalue weighted by Crippen LogP contribution is -2.43. The first kappa shape index (κ1) is 24.4. The lowest BCUT2D eigenvalue weighted by molar-refractivity contribution is -0.274. The van der Waals surface area contributed by atoms with Gasteiger partial charge in [-0.2, -0.15) is 5.10 Å². The number of morpholine rings is 1. The Balaban J connectivity index is 1.67. The topological polar surface area (TPSA) is 72.7 Å². The number of carbonyl (C=O) groups is 1. The predicted molar refractivity (Wildman–Crippen MR) is 123 cm³/mol. The Morgan fingerprint density at radius 1 is 1.26 bits per heavy atom. The minimum Gasteiger partial charge on any atom is -0.406 e. The highest BCUT2D eigenvalue weighted by molar-refractivity contribution is 7.22. The average molecular weight is 498 g/mol. The fraction of sp³-hybridized carbons (Fsp3) is 0.500. The van der Waals surface area contributed by atoms with Crippen LogP contribution in [0.25, 0.3) is 10.2 Å². The number of thiazole rings is 1. The Labute approximate surface area is 198 Å². The van der Waals surface area contributed by atoms with Crippen LogP contribution in [0.15, 0.2) is 24.3 Å². The lowest BCUT2D eigenvalue weighted by Gasteiger charge is -2.29. The standard InChI is InChI=1S/C22H26F3N5O3S/c1-14(2)30-18(12-15(3)27-30)20(31)29(7-6-28-8-10-32-11-9-28)21-26-17-5-4-16(13-19(17)34-21)33-22(23,24)25/h4-5,12-14H,6-11H2,1-3H3. The summed E-state index contributed by atoms with van der Waals surface area (Å²) in [6.07, 6.45) is -4.78. The monoisotopic (exact) mass is 497 g/mol.